The molecular weight excluding hydrogens is 216 g/mol. The molecule has 0 aliphatic carbocycles. The van der Waals surface area contributed by atoms with E-state index in [4.69, 9.17) is 0 Å². The predicted molar refractivity (Wildman–Crippen MR) is 75.3 cm³/mol. The Balaban J connectivity index is 2.10. The topological polar surface area (TPSA) is 15.3 Å². The minimum Gasteiger partial charge on any atom is -0.317 e. The summed E-state index contributed by atoms with van der Waals surface area (Å²) in [6, 6.07) is 0.745. The van der Waals surface area contributed by atoms with Crippen LogP contribution in [0.1, 0.15) is 32.6 Å². The molecule has 1 fully saturated rings. The summed E-state index contributed by atoms with van der Waals surface area (Å²) in [4.78, 5) is 2.54. The largest absolute Gasteiger partial charge is 0.317 e. The maximum atomic E-state index is 3.44. The van der Waals surface area contributed by atoms with Gasteiger partial charge in [-0.3, -0.25) is 0 Å². The van der Waals surface area contributed by atoms with Crippen LogP contribution in [0.2, 0.25) is 0 Å². The normalized spacial score (nSPS) is 20.2. The second-order valence-corrected chi connectivity index (χ2v) is 6.08. The maximum absolute atomic E-state index is 3.44. The molecule has 1 heterocycles. The molecule has 1 rings (SSSR count). The summed E-state index contributed by atoms with van der Waals surface area (Å²) in [5.41, 5.74) is 0. The van der Waals surface area contributed by atoms with Gasteiger partial charge in [0.1, 0.15) is 0 Å². The molecule has 0 aromatic rings. The first-order chi connectivity index (χ1) is 7.74. The van der Waals surface area contributed by atoms with E-state index in [9.17, 15) is 0 Å². The molecular formula is C13H28N2S. The zero-order chi connectivity index (χ0) is 11.8. The average Bonchev–Trinajstić information content (AvgIpc) is 2.34. The lowest BCUT2D eigenvalue weighted by molar-refractivity contribution is 0.221. The van der Waals surface area contributed by atoms with E-state index in [0.29, 0.717) is 0 Å². The predicted octanol–water partition coefficient (Wildman–Crippen LogP) is 2.45. The third-order valence-corrected chi connectivity index (χ3v) is 4.48. The van der Waals surface area contributed by atoms with Gasteiger partial charge in [0.25, 0.3) is 0 Å². The number of piperidine rings is 1. The summed E-state index contributed by atoms with van der Waals surface area (Å²) in [6.45, 7) is 6.10. The number of hydrogen-bond donors (Lipinski definition) is 1. The second-order valence-electron chi connectivity index (χ2n) is 5.09. The molecule has 2 nitrogen and oxygen atoms in total. The van der Waals surface area contributed by atoms with E-state index in [-0.39, 0.29) is 0 Å². The number of rotatable bonds is 7. The fourth-order valence-electron chi connectivity index (χ4n) is 2.29. The van der Waals surface area contributed by atoms with Crippen LogP contribution in [0.4, 0.5) is 0 Å². The zero-order valence-electron chi connectivity index (χ0n) is 11.2. The Bertz CT molecular complexity index is 169. The van der Waals surface area contributed by atoms with E-state index >= 15 is 0 Å². The Morgan fingerprint density at radius 3 is 2.69 bits per heavy atom. The molecule has 96 valence electrons. The van der Waals surface area contributed by atoms with Crippen molar-refractivity contribution in [2.75, 3.05) is 38.7 Å². The molecule has 0 amide bonds. The molecule has 0 spiro atoms. The first-order valence-corrected chi connectivity index (χ1v) is 8.03. The smallest absolute Gasteiger partial charge is 0.00717 e. The summed E-state index contributed by atoms with van der Waals surface area (Å²) >= 11 is 1.96. The highest BCUT2D eigenvalue weighted by atomic mass is 32.2. The SMILES string of the molecule is CSCCC(C)N(C)CCC1CCNCC1. The Morgan fingerprint density at radius 1 is 1.38 bits per heavy atom. The minimum absolute atomic E-state index is 0.745. The summed E-state index contributed by atoms with van der Waals surface area (Å²) in [5.74, 6) is 2.26. The van der Waals surface area contributed by atoms with Gasteiger partial charge in [0.2, 0.25) is 0 Å². The quantitative estimate of drug-likeness (QED) is 0.740. The first kappa shape index (κ1) is 14.3. The van der Waals surface area contributed by atoms with Gasteiger partial charge >= 0.3 is 0 Å². The van der Waals surface area contributed by atoms with Crippen LogP contribution in [0.25, 0.3) is 0 Å². The van der Waals surface area contributed by atoms with Crippen molar-refractivity contribution in [3.8, 4) is 0 Å². The van der Waals surface area contributed by atoms with Gasteiger partial charge in [0.05, 0.1) is 0 Å². The molecule has 1 N–H and O–H groups in total. The molecule has 1 atom stereocenters. The van der Waals surface area contributed by atoms with E-state index in [1.54, 1.807) is 0 Å². The van der Waals surface area contributed by atoms with Crippen molar-refractivity contribution in [2.45, 2.75) is 38.6 Å². The number of thioether (sulfide) groups is 1. The van der Waals surface area contributed by atoms with Crippen LogP contribution in [0.3, 0.4) is 0 Å². The van der Waals surface area contributed by atoms with Gasteiger partial charge in [0.15, 0.2) is 0 Å². The minimum atomic E-state index is 0.745. The van der Waals surface area contributed by atoms with Crippen LogP contribution >= 0.6 is 11.8 Å². The fraction of sp³-hybridized carbons (Fsp3) is 1.00. The van der Waals surface area contributed by atoms with Crippen molar-refractivity contribution in [3.63, 3.8) is 0 Å². The van der Waals surface area contributed by atoms with Crippen molar-refractivity contribution in [2.24, 2.45) is 5.92 Å². The van der Waals surface area contributed by atoms with Gasteiger partial charge in [-0.25, -0.2) is 0 Å². The van der Waals surface area contributed by atoms with Crippen LogP contribution in [0.5, 0.6) is 0 Å². The Labute approximate surface area is 106 Å². The highest BCUT2D eigenvalue weighted by Gasteiger charge is 2.15. The zero-order valence-corrected chi connectivity index (χ0v) is 12.0. The van der Waals surface area contributed by atoms with E-state index < -0.39 is 0 Å². The Hall–Kier alpha value is 0.270. The average molecular weight is 244 g/mol. The molecule has 0 aromatic heterocycles. The van der Waals surface area contributed by atoms with E-state index in [1.165, 1.54) is 51.1 Å². The van der Waals surface area contributed by atoms with Crippen molar-refractivity contribution in [1.82, 2.24) is 10.2 Å². The van der Waals surface area contributed by atoms with Crippen molar-refractivity contribution in [3.05, 3.63) is 0 Å². The van der Waals surface area contributed by atoms with Gasteiger partial charge < -0.3 is 10.2 Å². The van der Waals surface area contributed by atoms with E-state index in [1.807, 2.05) is 11.8 Å². The van der Waals surface area contributed by atoms with Gasteiger partial charge in [0, 0.05) is 6.04 Å². The lowest BCUT2D eigenvalue weighted by atomic mass is 9.94. The number of hydrogen-bond acceptors (Lipinski definition) is 3. The van der Waals surface area contributed by atoms with Crippen molar-refractivity contribution >= 4 is 11.8 Å². The Kier molecular flexibility index (Phi) is 7.50. The van der Waals surface area contributed by atoms with Crippen molar-refractivity contribution in [1.29, 1.82) is 0 Å². The van der Waals surface area contributed by atoms with Crippen LogP contribution in [0.15, 0.2) is 0 Å². The van der Waals surface area contributed by atoms with Gasteiger partial charge in [-0.15, -0.1) is 0 Å². The fourth-order valence-corrected chi connectivity index (χ4v) is 2.86. The molecule has 0 bridgehead atoms. The number of nitrogens with one attached hydrogen (secondary N) is 1. The van der Waals surface area contributed by atoms with Gasteiger partial charge in [-0.05, 0) is 77.2 Å². The highest BCUT2D eigenvalue weighted by molar-refractivity contribution is 7.98. The van der Waals surface area contributed by atoms with Crippen LogP contribution in [-0.4, -0.2) is 49.6 Å². The molecule has 3 heteroatoms. The van der Waals surface area contributed by atoms with Crippen LogP contribution in [0, 0.1) is 5.92 Å². The number of nitrogens with zero attached hydrogens (tertiary/aromatic N) is 1. The molecule has 1 saturated heterocycles. The highest BCUT2D eigenvalue weighted by Crippen LogP contribution is 2.17. The Morgan fingerprint density at radius 2 is 2.06 bits per heavy atom. The summed E-state index contributed by atoms with van der Waals surface area (Å²) in [5, 5.41) is 3.44. The third kappa shape index (κ3) is 5.55. The molecule has 1 aliphatic heterocycles. The van der Waals surface area contributed by atoms with Gasteiger partial charge in [-0.2, -0.15) is 11.8 Å². The molecule has 0 aromatic carbocycles. The third-order valence-electron chi connectivity index (χ3n) is 3.84. The van der Waals surface area contributed by atoms with E-state index in [2.05, 4.69) is 30.4 Å². The standard InChI is InChI=1S/C13H28N2S/c1-12(7-11-16-3)15(2)10-6-13-4-8-14-9-5-13/h12-14H,4-11H2,1-3H3. The maximum Gasteiger partial charge on any atom is 0.00717 e. The summed E-state index contributed by atoms with van der Waals surface area (Å²) in [6.07, 6.45) is 7.67. The van der Waals surface area contributed by atoms with Gasteiger partial charge in [-0.1, -0.05) is 0 Å². The molecule has 1 aliphatic rings. The molecule has 0 saturated carbocycles. The van der Waals surface area contributed by atoms with Crippen molar-refractivity contribution < 1.29 is 0 Å². The first-order valence-electron chi connectivity index (χ1n) is 6.64. The van der Waals surface area contributed by atoms with E-state index in [0.717, 1.165) is 12.0 Å². The molecule has 0 radical (unpaired) electrons. The monoisotopic (exact) mass is 244 g/mol. The second kappa shape index (κ2) is 8.37. The van der Waals surface area contributed by atoms with Crippen LogP contribution in [-0.2, 0) is 0 Å². The molecule has 16 heavy (non-hydrogen) atoms. The molecule has 1 unspecified atom stereocenters. The lowest BCUT2D eigenvalue weighted by Gasteiger charge is -2.28. The summed E-state index contributed by atoms with van der Waals surface area (Å²) < 4.78 is 0. The van der Waals surface area contributed by atoms with Crippen LogP contribution < -0.4 is 5.32 Å². The lowest BCUT2D eigenvalue weighted by Crippen LogP contribution is -2.34. The summed E-state index contributed by atoms with van der Waals surface area (Å²) in [7, 11) is 2.28.